The lowest BCUT2D eigenvalue weighted by molar-refractivity contribution is 0.0943. The highest BCUT2D eigenvalue weighted by atomic mass is 35.5. The standard InChI is InChI=1S/C14H18ClFN2O/c1-9-6-11(12(15)7-13(9)16)14(19)17-8-10-4-3-5-18(10)2/h6-7,10H,3-5,8H2,1-2H3,(H,17,19). The van der Waals surface area contributed by atoms with E-state index < -0.39 is 5.82 Å². The Kier molecular flexibility index (Phi) is 4.42. The van der Waals surface area contributed by atoms with Crippen molar-refractivity contribution in [2.45, 2.75) is 25.8 Å². The molecule has 1 unspecified atom stereocenters. The molecule has 0 spiro atoms. The first-order chi connectivity index (χ1) is 8.99. The molecule has 1 heterocycles. The van der Waals surface area contributed by atoms with Crippen LogP contribution in [0.2, 0.25) is 5.02 Å². The van der Waals surface area contributed by atoms with Gasteiger partial charge in [-0.1, -0.05) is 11.6 Å². The predicted octanol–water partition coefficient (Wildman–Crippen LogP) is 2.61. The van der Waals surface area contributed by atoms with E-state index in [1.807, 2.05) is 0 Å². The quantitative estimate of drug-likeness (QED) is 0.925. The van der Waals surface area contributed by atoms with E-state index in [9.17, 15) is 9.18 Å². The van der Waals surface area contributed by atoms with Gasteiger partial charge in [0.05, 0.1) is 10.6 Å². The van der Waals surface area contributed by atoms with Crippen LogP contribution in [0.25, 0.3) is 0 Å². The van der Waals surface area contributed by atoms with Crippen molar-refractivity contribution in [3.8, 4) is 0 Å². The van der Waals surface area contributed by atoms with Gasteiger partial charge in [-0.05, 0) is 51.1 Å². The summed E-state index contributed by atoms with van der Waals surface area (Å²) in [5, 5.41) is 3.02. The molecule has 1 saturated heterocycles. The summed E-state index contributed by atoms with van der Waals surface area (Å²) in [5.74, 6) is -0.634. The molecule has 0 aliphatic carbocycles. The van der Waals surface area contributed by atoms with Crippen molar-refractivity contribution in [1.82, 2.24) is 10.2 Å². The van der Waals surface area contributed by atoms with E-state index in [-0.39, 0.29) is 10.9 Å². The largest absolute Gasteiger partial charge is 0.350 e. The van der Waals surface area contributed by atoms with E-state index in [0.717, 1.165) is 19.4 Å². The molecule has 2 rings (SSSR count). The zero-order chi connectivity index (χ0) is 14.0. The summed E-state index contributed by atoms with van der Waals surface area (Å²) in [7, 11) is 2.05. The minimum atomic E-state index is -0.392. The maximum absolute atomic E-state index is 13.3. The lowest BCUT2D eigenvalue weighted by atomic mass is 10.1. The second-order valence-electron chi connectivity index (χ2n) is 5.07. The number of carbonyl (C=O) groups is 1. The van der Waals surface area contributed by atoms with E-state index in [0.29, 0.717) is 23.7 Å². The number of likely N-dealkylation sites (tertiary alicyclic amines) is 1. The van der Waals surface area contributed by atoms with Crippen molar-refractivity contribution in [2.24, 2.45) is 0 Å². The van der Waals surface area contributed by atoms with Gasteiger partial charge in [0, 0.05) is 12.6 Å². The van der Waals surface area contributed by atoms with Crippen LogP contribution >= 0.6 is 11.6 Å². The van der Waals surface area contributed by atoms with Gasteiger partial charge in [0.1, 0.15) is 5.82 Å². The average molecular weight is 285 g/mol. The van der Waals surface area contributed by atoms with E-state index in [2.05, 4.69) is 17.3 Å². The topological polar surface area (TPSA) is 32.3 Å². The van der Waals surface area contributed by atoms with Gasteiger partial charge < -0.3 is 10.2 Å². The monoisotopic (exact) mass is 284 g/mol. The highest BCUT2D eigenvalue weighted by molar-refractivity contribution is 6.33. The van der Waals surface area contributed by atoms with Crippen LogP contribution in [-0.4, -0.2) is 37.0 Å². The molecule has 1 N–H and O–H groups in total. The molecule has 0 saturated carbocycles. The fourth-order valence-electron chi connectivity index (χ4n) is 2.37. The van der Waals surface area contributed by atoms with Crippen molar-refractivity contribution in [2.75, 3.05) is 20.1 Å². The molecule has 19 heavy (non-hydrogen) atoms. The molecule has 3 nitrogen and oxygen atoms in total. The minimum absolute atomic E-state index is 0.153. The third kappa shape index (κ3) is 3.25. The average Bonchev–Trinajstić information content (AvgIpc) is 2.76. The van der Waals surface area contributed by atoms with Gasteiger partial charge in [0.15, 0.2) is 0 Å². The molecule has 5 heteroatoms. The predicted molar refractivity (Wildman–Crippen MR) is 74.1 cm³/mol. The molecule has 1 amide bonds. The van der Waals surface area contributed by atoms with Gasteiger partial charge in [-0.2, -0.15) is 0 Å². The Bertz CT molecular complexity index is 493. The summed E-state index contributed by atoms with van der Waals surface area (Å²) in [6, 6.07) is 3.06. The van der Waals surface area contributed by atoms with Gasteiger partial charge in [-0.25, -0.2) is 4.39 Å². The molecular formula is C14H18ClFN2O. The van der Waals surface area contributed by atoms with Crippen molar-refractivity contribution >= 4 is 17.5 Å². The molecule has 0 radical (unpaired) electrons. The lowest BCUT2D eigenvalue weighted by Gasteiger charge is -2.19. The van der Waals surface area contributed by atoms with Crippen LogP contribution in [0.4, 0.5) is 4.39 Å². The fraction of sp³-hybridized carbons (Fsp3) is 0.500. The fourth-order valence-corrected chi connectivity index (χ4v) is 2.61. The molecule has 1 atom stereocenters. The van der Waals surface area contributed by atoms with Gasteiger partial charge in [-0.3, -0.25) is 4.79 Å². The van der Waals surface area contributed by atoms with Crippen LogP contribution in [0.15, 0.2) is 12.1 Å². The Morgan fingerprint density at radius 1 is 1.58 bits per heavy atom. The summed E-state index contributed by atoms with van der Waals surface area (Å²) in [4.78, 5) is 14.3. The summed E-state index contributed by atoms with van der Waals surface area (Å²) in [6.45, 7) is 3.28. The van der Waals surface area contributed by atoms with Crippen LogP contribution in [0, 0.1) is 12.7 Å². The summed E-state index contributed by atoms with van der Waals surface area (Å²) in [5.41, 5.74) is 0.758. The number of nitrogens with zero attached hydrogens (tertiary/aromatic N) is 1. The Labute approximate surface area is 117 Å². The second-order valence-corrected chi connectivity index (χ2v) is 5.48. The maximum atomic E-state index is 13.3. The highest BCUT2D eigenvalue weighted by Gasteiger charge is 2.22. The number of likely N-dealkylation sites (N-methyl/N-ethyl adjacent to an activating group) is 1. The number of rotatable bonds is 3. The van der Waals surface area contributed by atoms with Gasteiger partial charge in [-0.15, -0.1) is 0 Å². The van der Waals surface area contributed by atoms with Crippen molar-refractivity contribution < 1.29 is 9.18 Å². The van der Waals surface area contributed by atoms with E-state index >= 15 is 0 Å². The smallest absolute Gasteiger partial charge is 0.252 e. The number of benzene rings is 1. The van der Waals surface area contributed by atoms with Gasteiger partial charge in [0.2, 0.25) is 0 Å². The van der Waals surface area contributed by atoms with Crippen LogP contribution < -0.4 is 5.32 Å². The molecule has 104 valence electrons. The normalized spacial score (nSPS) is 19.7. The zero-order valence-electron chi connectivity index (χ0n) is 11.2. The molecular weight excluding hydrogens is 267 g/mol. The minimum Gasteiger partial charge on any atom is -0.350 e. The first-order valence-corrected chi connectivity index (χ1v) is 6.81. The number of aryl methyl sites for hydroxylation is 1. The maximum Gasteiger partial charge on any atom is 0.252 e. The Morgan fingerprint density at radius 3 is 2.95 bits per heavy atom. The molecule has 0 bridgehead atoms. The van der Waals surface area contributed by atoms with Crippen LogP contribution in [0.5, 0.6) is 0 Å². The van der Waals surface area contributed by atoms with Crippen molar-refractivity contribution in [3.05, 3.63) is 34.1 Å². The lowest BCUT2D eigenvalue weighted by Crippen LogP contribution is -2.38. The Hall–Kier alpha value is -1.13. The molecule has 1 aliphatic rings. The van der Waals surface area contributed by atoms with Crippen LogP contribution in [0.3, 0.4) is 0 Å². The number of hydrogen-bond acceptors (Lipinski definition) is 2. The summed E-state index contributed by atoms with van der Waals surface area (Å²) >= 11 is 5.91. The molecule has 1 fully saturated rings. The van der Waals surface area contributed by atoms with Crippen molar-refractivity contribution in [3.63, 3.8) is 0 Å². The molecule has 0 aromatic heterocycles. The first-order valence-electron chi connectivity index (χ1n) is 6.43. The Balaban J connectivity index is 2.02. The summed E-state index contributed by atoms with van der Waals surface area (Å²) in [6.07, 6.45) is 2.25. The molecule has 1 aromatic rings. The zero-order valence-corrected chi connectivity index (χ0v) is 11.9. The number of halogens is 2. The van der Waals surface area contributed by atoms with Crippen molar-refractivity contribution in [1.29, 1.82) is 0 Å². The molecule has 1 aromatic carbocycles. The number of hydrogen-bond donors (Lipinski definition) is 1. The van der Waals surface area contributed by atoms with E-state index in [4.69, 9.17) is 11.6 Å². The number of amides is 1. The summed E-state index contributed by atoms with van der Waals surface area (Å²) < 4.78 is 13.3. The highest BCUT2D eigenvalue weighted by Crippen LogP contribution is 2.20. The Morgan fingerprint density at radius 2 is 2.32 bits per heavy atom. The number of nitrogens with one attached hydrogen (secondary N) is 1. The third-order valence-corrected chi connectivity index (χ3v) is 3.98. The van der Waals surface area contributed by atoms with Gasteiger partial charge >= 0.3 is 0 Å². The number of carbonyl (C=O) groups excluding carboxylic acids is 1. The van der Waals surface area contributed by atoms with E-state index in [1.165, 1.54) is 12.1 Å². The third-order valence-electron chi connectivity index (χ3n) is 3.66. The van der Waals surface area contributed by atoms with Crippen LogP contribution in [-0.2, 0) is 0 Å². The first kappa shape index (κ1) is 14.3. The van der Waals surface area contributed by atoms with E-state index in [1.54, 1.807) is 6.92 Å². The van der Waals surface area contributed by atoms with Crippen LogP contribution in [0.1, 0.15) is 28.8 Å². The SMILES string of the molecule is Cc1cc(C(=O)NCC2CCCN2C)c(Cl)cc1F. The van der Waals surface area contributed by atoms with Gasteiger partial charge in [0.25, 0.3) is 5.91 Å². The second kappa shape index (κ2) is 5.88. The molecule has 1 aliphatic heterocycles.